The van der Waals surface area contributed by atoms with Gasteiger partial charge in [0.1, 0.15) is 24.2 Å². The molecule has 314 valence electrons. The van der Waals surface area contributed by atoms with Crippen molar-refractivity contribution >= 4 is 74.9 Å². The van der Waals surface area contributed by atoms with E-state index in [-0.39, 0.29) is 50.3 Å². The molecular weight excluding hydrogens is 787 g/mol. The predicted octanol–water partition coefficient (Wildman–Crippen LogP) is -3.41. The summed E-state index contributed by atoms with van der Waals surface area (Å²) >= 11 is 0. The molecule has 14 N–H and O–H groups in total. The number of aliphatic carboxylic acids is 3. The van der Waals surface area contributed by atoms with E-state index in [1.807, 2.05) is 0 Å². The smallest absolute Gasteiger partial charge is 0.480 e. The molecule has 1 heterocycles. The Kier molecular flexibility index (Phi) is 25.8. The summed E-state index contributed by atoms with van der Waals surface area (Å²) in [6.45, 7) is 1.36. The molecule has 1 aliphatic rings. The Morgan fingerprint density at radius 1 is 0.673 bits per heavy atom. The molecule has 1 rings (SSSR count). The van der Waals surface area contributed by atoms with Gasteiger partial charge < -0.3 is 64.0 Å². The third-order valence-corrected chi connectivity index (χ3v) is 9.32. The van der Waals surface area contributed by atoms with Gasteiger partial charge in [0.05, 0.1) is 13.1 Å². The van der Waals surface area contributed by atoms with Gasteiger partial charge in [-0.3, -0.25) is 38.4 Å². The quantitative estimate of drug-likeness (QED) is 0.0954. The minimum Gasteiger partial charge on any atom is -0.480 e. The summed E-state index contributed by atoms with van der Waals surface area (Å²) in [4.78, 5) is 106. The predicted molar refractivity (Wildman–Crippen MR) is 191 cm³/mol. The lowest BCUT2D eigenvalue weighted by atomic mass is 10.1. The Bertz CT molecular complexity index is 1230. The van der Waals surface area contributed by atoms with Crippen molar-refractivity contribution in [2.75, 3.05) is 50.8 Å². The maximum Gasteiger partial charge on any atom is 0.490 e. The molecule has 0 aromatic rings. The van der Waals surface area contributed by atoms with Crippen molar-refractivity contribution in [3.05, 3.63) is 0 Å². The maximum atomic E-state index is 13.0. The number of nitrogens with two attached hydrogens (primary N) is 2. The monoisotopic (exact) mass is 835 g/mol. The zero-order valence-corrected chi connectivity index (χ0v) is 31.2. The zero-order chi connectivity index (χ0) is 42.0. The van der Waals surface area contributed by atoms with Crippen LogP contribution in [0.1, 0.15) is 44.9 Å². The average molecular weight is 836 g/mol. The van der Waals surface area contributed by atoms with E-state index in [0.717, 1.165) is 28.0 Å². The topological polar surface area (TPSA) is 351 Å². The van der Waals surface area contributed by atoms with Crippen molar-refractivity contribution in [2.24, 2.45) is 11.5 Å². The second kappa shape index (κ2) is 28.1. The van der Waals surface area contributed by atoms with Crippen molar-refractivity contribution < 1.29 is 71.6 Å². The fraction of sp³-hybridized carbons (Fsp3) is 0.690. The maximum absolute atomic E-state index is 13.0. The molecular formula is C29H48F3N9O12S2. The van der Waals surface area contributed by atoms with Crippen LogP contribution in [0.4, 0.5) is 13.2 Å². The minimum absolute atomic E-state index is 0.0556. The highest BCUT2D eigenvalue weighted by atomic mass is 33.1. The molecule has 0 spiro atoms. The van der Waals surface area contributed by atoms with Gasteiger partial charge in [0, 0.05) is 37.4 Å². The van der Waals surface area contributed by atoms with Crippen molar-refractivity contribution in [1.29, 1.82) is 0 Å². The lowest BCUT2D eigenvalue weighted by Crippen LogP contribution is -2.51. The van der Waals surface area contributed by atoms with Crippen LogP contribution in [0.15, 0.2) is 0 Å². The normalized spacial score (nSPS) is 20.2. The van der Waals surface area contributed by atoms with E-state index in [1.165, 1.54) is 0 Å². The van der Waals surface area contributed by atoms with Gasteiger partial charge in [0.2, 0.25) is 35.4 Å². The summed E-state index contributed by atoms with van der Waals surface area (Å²) in [6.07, 6.45) is -3.91. The van der Waals surface area contributed by atoms with Crippen LogP contribution in [-0.2, 0) is 43.2 Å². The number of hydrogen-bond donors (Lipinski definition) is 12. The zero-order valence-electron chi connectivity index (χ0n) is 29.5. The molecule has 55 heavy (non-hydrogen) atoms. The van der Waals surface area contributed by atoms with Crippen LogP contribution in [0, 0.1) is 0 Å². The van der Waals surface area contributed by atoms with Crippen LogP contribution in [0.5, 0.6) is 0 Å². The lowest BCUT2D eigenvalue weighted by molar-refractivity contribution is -0.192. The number of carboxylic acids is 3. The van der Waals surface area contributed by atoms with Gasteiger partial charge >= 0.3 is 24.1 Å². The number of rotatable bonds is 10. The highest BCUT2D eigenvalue weighted by Crippen LogP contribution is 2.23. The van der Waals surface area contributed by atoms with Crippen LogP contribution < -0.4 is 48.7 Å². The fourth-order valence-electron chi connectivity index (χ4n) is 3.83. The largest absolute Gasteiger partial charge is 0.490 e. The molecule has 4 atom stereocenters. The first kappa shape index (κ1) is 50.6. The van der Waals surface area contributed by atoms with E-state index in [1.54, 1.807) is 0 Å². The van der Waals surface area contributed by atoms with E-state index >= 15 is 0 Å². The number of amides is 6. The third-order valence-electron chi connectivity index (χ3n) is 6.90. The first-order valence-corrected chi connectivity index (χ1v) is 19.1. The van der Waals surface area contributed by atoms with Gasteiger partial charge in [-0.2, -0.15) is 13.2 Å². The third kappa shape index (κ3) is 26.1. The van der Waals surface area contributed by atoms with Gasteiger partial charge in [-0.05, 0) is 45.2 Å². The van der Waals surface area contributed by atoms with Gasteiger partial charge in [-0.1, -0.05) is 21.6 Å². The van der Waals surface area contributed by atoms with Gasteiger partial charge in [0.25, 0.3) is 0 Å². The Hall–Kier alpha value is -4.40. The van der Waals surface area contributed by atoms with E-state index in [0.29, 0.717) is 39.0 Å². The van der Waals surface area contributed by atoms with Crippen molar-refractivity contribution in [3.8, 4) is 0 Å². The number of halogens is 3. The van der Waals surface area contributed by atoms with Crippen LogP contribution in [0.2, 0.25) is 0 Å². The van der Waals surface area contributed by atoms with Crippen molar-refractivity contribution in [1.82, 2.24) is 37.2 Å². The Balaban J connectivity index is 0.00000377. The van der Waals surface area contributed by atoms with E-state index in [4.69, 9.17) is 31.6 Å². The highest BCUT2D eigenvalue weighted by Gasteiger charge is 2.38. The average Bonchev–Trinajstić information content (AvgIpc) is 3.11. The van der Waals surface area contributed by atoms with Gasteiger partial charge in [-0.15, -0.1) is 0 Å². The van der Waals surface area contributed by atoms with E-state index in [2.05, 4.69) is 37.2 Å². The number of hydrogen-bond acceptors (Lipinski definition) is 14. The van der Waals surface area contributed by atoms with Gasteiger partial charge in [0.15, 0.2) is 0 Å². The van der Waals surface area contributed by atoms with Gasteiger partial charge in [-0.25, -0.2) is 4.79 Å². The number of carbonyl (C=O) groups is 9. The summed E-state index contributed by atoms with van der Waals surface area (Å²) in [5.74, 6) is -8.99. The highest BCUT2D eigenvalue weighted by molar-refractivity contribution is 8.76. The first-order chi connectivity index (χ1) is 25.7. The van der Waals surface area contributed by atoms with Crippen LogP contribution in [0.25, 0.3) is 0 Å². The molecule has 0 bridgehead atoms. The molecule has 0 aromatic heterocycles. The number of alkyl halides is 3. The minimum atomic E-state index is -5.08. The summed E-state index contributed by atoms with van der Waals surface area (Å²) in [7, 11) is 2.12. The summed E-state index contributed by atoms with van der Waals surface area (Å²) in [5.41, 5.74) is 10.9. The Labute approximate surface area is 320 Å². The first-order valence-electron chi connectivity index (χ1n) is 16.6. The number of carbonyl (C=O) groups excluding carboxylic acids is 6. The molecule has 1 aliphatic heterocycles. The van der Waals surface area contributed by atoms with Crippen molar-refractivity contribution in [2.45, 2.75) is 75.3 Å². The molecule has 1 fully saturated rings. The molecule has 0 radical (unpaired) electrons. The molecule has 21 nitrogen and oxygen atoms in total. The summed E-state index contributed by atoms with van der Waals surface area (Å²) in [5, 5.41) is 43.6. The summed E-state index contributed by atoms with van der Waals surface area (Å²) in [6, 6.07) is -4.89. The Morgan fingerprint density at radius 3 is 1.42 bits per heavy atom. The van der Waals surface area contributed by atoms with Crippen LogP contribution in [0.3, 0.4) is 0 Å². The molecule has 1 saturated heterocycles. The SMILES string of the molecule is N[C@@H](CCC(=O)NC1CSSC[C@H](NC(=O)CC[C@H](N)C(=O)O)C(=O)NCC(=O)NCCCCNCCCNC(=O)CNC1=O)C(=O)O.O=C(O)C(F)(F)F. The lowest BCUT2D eigenvalue weighted by Gasteiger charge is -2.20. The second-order valence-corrected chi connectivity index (χ2v) is 14.1. The van der Waals surface area contributed by atoms with Crippen LogP contribution >= 0.6 is 21.6 Å². The van der Waals surface area contributed by atoms with Crippen molar-refractivity contribution in [3.63, 3.8) is 0 Å². The molecule has 0 aliphatic carbocycles. The Morgan fingerprint density at radius 2 is 1.04 bits per heavy atom. The summed E-state index contributed by atoms with van der Waals surface area (Å²) < 4.78 is 31.7. The number of carboxylic acid groups (broad SMARTS) is 3. The van der Waals surface area contributed by atoms with Crippen LogP contribution in [-0.4, -0.2) is 150 Å². The molecule has 26 heteroatoms. The van der Waals surface area contributed by atoms with E-state index < -0.39 is 83.7 Å². The molecule has 0 saturated carbocycles. The molecule has 0 aromatic carbocycles. The fourth-order valence-corrected chi connectivity index (χ4v) is 6.15. The van der Waals surface area contributed by atoms with E-state index in [9.17, 15) is 51.5 Å². The molecule has 1 unspecified atom stereocenters. The second-order valence-electron chi connectivity index (χ2n) is 11.5. The standard InChI is InChI=1S/C27H47N9O10S2.C2HF3O2/c28-16(26(43)44)4-6-20(37)35-18-14-47-48-15-19(36-21(38)7-5-17(29)27(45)46)25(42)34-13-23(40)32-11-3-9-30-8-1-2-10-31-22(39)12-33-24(18)41;3-2(4,5)1(6)7/h16-19,30H,1-15,28-29H2,(H,31,39)(H,32,40)(H,33,41)(H,34,42)(H,35,37)(H,36,38)(H,43,44)(H,45,46);(H,6,7)/t16-,17-,18-,19?;/m0./s1. The number of nitrogens with one attached hydrogen (secondary N) is 7. The molecule has 6 amide bonds.